The molecule has 0 aliphatic carbocycles. The first kappa shape index (κ1) is 30.2. The van der Waals surface area contributed by atoms with E-state index in [1.807, 2.05) is 13.0 Å². The van der Waals surface area contributed by atoms with E-state index in [4.69, 9.17) is 14.2 Å². The Labute approximate surface area is 243 Å². The van der Waals surface area contributed by atoms with Crippen LogP contribution >= 0.6 is 0 Å². The Balaban J connectivity index is 1.36. The predicted octanol–water partition coefficient (Wildman–Crippen LogP) is 6.68. The van der Waals surface area contributed by atoms with Crippen molar-refractivity contribution in [3.63, 3.8) is 0 Å². The van der Waals surface area contributed by atoms with Crippen LogP contribution in [0.15, 0.2) is 55.0 Å². The highest BCUT2D eigenvalue weighted by molar-refractivity contribution is 5.97. The molecule has 220 valence electrons. The first-order valence-corrected chi connectivity index (χ1v) is 13.5. The molecule has 0 radical (unpaired) electrons. The Kier molecular flexibility index (Phi) is 9.51. The van der Waals surface area contributed by atoms with E-state index in [1.165, 1.54) is 25.7 Å². The van der Waals surface area contributed by atoms with E-state index in [0.29, 0.717) is 53.2 Å². The lowest BCUT2D eigenvalue weighted by Gasteiger charge is -2.20. The number of carbonyl (C=O) groups excluding carboxylic acids is 2. The van der Waals surface area contributed by atoms with Crippen LogP contribution in [-0.2, 0) is 9.53 Å². The van der Waals surface area contributed by atoms with Crippen molar-refractivity contribution in [1.29, 1.82) is 0 Å². The number of ether oxygens (including phenoxy) is 3. The van der Waals surface area contributed by atoms with Crippen molar-refractivity contribution in [1.82, 2.24) is 15.0 Å². The summed E-state index contributed by atoms with van der Waals surface area (Å²) in [7, 11) is 1.36. The number of hydrogen-bond acceptors (Lipinski definition) is 8. The SMILES string of the molecule is COc1ncc(-c2cc(OCCCCC(=O)Nc3ccccc3NC(=O)OC(C)(C)C)c3ncnc(C)c3c2)cc1F. The van der Waals surface area contributed by atoms with Crippen molar-refractivity contribution >= 4 is 34.3 Å². The molecule has 10 nitrogen and oxygen atoms in total. The summed E-state index contributed by atoms with van der Waals surface area (Å²) >= 11 is 0. The summed E-state index contributed by atoms with van der Waals surface area (Å²) in [5.74, 6) is -0.323. The fourth-order valence-corrected chi connectivity index (χ4v) is 4.17. The van der Waals surface area contributed by atoms with Crippen LogP contribution in [0, 0.1) is 12.7 Å². The number of halogens is 1. The standard InChI is InChI=1S/C31H34FN5O5/c1-19-22-14-20(21-15-23(32)29(40-5)33-17-21)16-26(28(22)35-18-34-19)41-13-9-8-12-27(38)36-24-10-6-7-11-25(24)37-30(39)42-31(2,3)4/h6-7,10-11,14-18H,8-9,12-13H2,1-5H3,(H,36,38)(H,37,39). The van der Waals surface area contributed by atoms with E-state index in [9.17, 15) is 14.0 Å². The minimum atomic E-state index is -0.644. The van der Waals surface area contributed by atoms with Gasteiger partial charge in [-0.25, -0.2) is 24.1 Å². The molecule has 0 spiro atoms. The van der Waals surface area contributed by atoms with Gasteiger partial charge in [-0.15, -0.1) is 0 Å². The molecule has 0 bridgehead atoms. The maximum Gasteiger partial charge on any atom is 0.412 e. The lowest BCUT2D eigenvalue weighted by Crippen LogP contribution is -2.27. The molecular formula is C31H34FN5O5. The number of nitrogens with zero attached hydrogens (tertiary/aromatic N) is 3. The van der Waals surface area contributed by atoms with E-state index in [2.05, 4.69) is 25.6 Å². The minimum Gasteiger partial charge on any atom is -0.491 e. The smallest absolute Gasteiger partial charge is 0.412 e. The van der Waals surface area contributed by atoms with Gasteiger partial charge in [0.25, 0.3) is 0 Å². The largest absolute Gasteiger partial charge is 0.491 e. The molecule has 0 unspecified atom stereocenters. The Morgan fingerprint density at radius 3 is 2.38 bits per heavy atom. The number of carbonyl (C=O) groups is 2. The van der Waals surface area contributed by atoms with E-state index < -0.39 is 17.5 Å². The van der Waals surface area contributed by atoms with Gasteiger partial charge in [-0.2, -0.15) is 0 Å². The van der Waals surface area contributed by atoms with Crippen LogP contribution in [-0.4, -0.2) is 46.3 Å². The van der Waals surface area contributed by atoms with Gasteiger partial charge in [0.15, 0.2) is 5.82 Å². The van der Waals surface area contributed by atoms with Gasteiger partial charge < -0.3 is 19.5 Å². The Morgan fingerprint density at radius 2 is 1.69 bits per heavy atom. The zero-order chi connectivity index (χ0) is 30.3. The van der Waals surface area contributed by atoms with Crippen molar-refractivity contribution in [3.8, 4) is 22.8 Å². The summed E-state index contributed by atoms with van der Waals surface area (Å²) in [6.45, 7) is 7.53. The summed E-state index contributed by atoms with van der Waals surface area (Å²) in [5, 5.41) is 6.29. The highest BCUT2D eigenvalue weighted by atomic mass is 19.1. The number of fused-ring (bicyclic) bond motifs is 1. The van der Waals surface area contributed by atoms with Crippen LogP contribution in [0.5, 0.6) is 11.6 Å². The second-order valence-corrected chi connectivity index (χ2v) is 10.6. The summed E-state index contributed by atoms with van der Waals surface area (Å²) in [5.41, 5.74) is 2.93. The third-order valence-electron chi connectivity index (χ3n) is 6.13. The number of nitrogens with one attached hydrogen (secondary N) is 2. The minimum absolute atomic E-state index is 0.0812. The molecule has 4 aromatic rings. The Morgan fingerprint density at radius 1 is 0.952 bits per heavy atom. The summed E-state index contributed by atoms with van der Waals surface area (Å²) in [6, 6.07) is 11.9. The molecule has 2 amide bonds. The quantitative estimate of drug-likeness (QED) is 0.201. The highest BCUT2D eigenvalue weighted by Gasteiger charge is 2.18. The number of anilines is 2. The molecule has 0 atom stereocenters. The van der Waals surface area contributed by atoms with Gasteiger partial charge in [0.1, 0.15) is 23.2 Å². The molecule has 4 rings (SSSR count). The molecule has 2 aromatic heterocycles. The van der Waals surface area contributed by atoms with Crippen LogP contribution in [0.4, 0.5) is 20.6 Å². The zero-order valence-electron chi connectivity index (χ0n) is 24.3. The molecule has 0 saturated carbocycles. The van der Waals surface area contributed by atoms with E-state index in [-0.39, 0.29) is 18.2 Å². The number of methoxy groups -OCH3 is 1. The number of pyridine rings is 1. The normalized spacial score (nSPS) is 11.2. The van der Waals surface area contributed by atoms with Gasteiger partial charge in [-0.3, -0.25) is 10.1 Å². The van der Waals surface area contributed by atoms with Crippen molar-refractivity contribution < 1.29 is 28.2 Å². The van der Waals surface area contributed by atoms with Crippen molar-refractivity contribution in [2.24, 2.45) is 0 Å². The first-order chi connectivity index (χ1) is 20.0. The topological polar surface area (TPSA) is 125 Å². The van der Waals surface area contributed by atoms with Crippen LogP contribution in [0.25, 0.3) is 22.0 Å². The Bertz CT molecular complexity index is 1590. The Hall–Kier alpha value is -4.80. The van der Waals surface area contributed by atoms with Crippen LogP contribution in [0.1, 0.15) is 45.7 Å². The fraction of sp³-hybridized carbons (Fsp3) is 0.323. The third-order valence-corrected chi connectivity index (χ3v) is 6.13. The van der Waals surface area contributed by atoms with Gasteiger partial charge in [-0.05, 0) is 76.4 Å². The fourth-order valence-electron chi connectivity index (χ4n) is 4.17. The molecule has 2 aromatic carbocycles. The molecule has 0 fully saturated rings. The number of hydrogen-bond donors (Lipinski definition) is 2. The average Bonchev–Trinajstić information content (AvgIpc) is 2.93. The number of aryl methyl sites for hydroxylation is 1. The van der Waals surface area contributed by atoms with Crippen molar-refractivity contribution in [2.45, 2.75) is 52.6 Å². The number of benzene rings is 2. The van der Waals surface area contributed by atoms with Crippen molar-refractivity contribution in [3.05, 3.63) is 66.5 Å². The number of unbranched alkanes of at least 4 members (excludes halogenated alkanes) is 1. The predicted molar refractivity (Wildman–Crippen MR) is 158 cm³/mol. The molecule has 2 heterocycles. The molecule has 0 saturated heterocycles. The van der Waals surface area contributed by atoms with Gasteiger partial charge in [0.05, 0.1) is 25.1 Å². The second kappa shape index (κ2) is 13.2. The van der Waals surface area contributed by atoms with Gasteiger partial charge >= 0.3 is 6.09 Å². The van der Waals surface area contributed by atoms with Crippen LogP contribution in [0.2, 0.25) is 0 Å². The van der Waals surface area contributed by atoms with Crippen LogP contribution < -0.4 is 20.1 Å². The lowest BCUT2D eigenvalue weighted by atomic mass is 10.0. The van der Waals surface area contributed by atoms with Gasteiger partial charge in [-0.1, -0.05) is 12.1 Å². The first-order valence-electron chi connectivity index (χ1n) is 13.5. The molecule has 0 aliphatic heterocycles. The van der Waals surface area contributed by atoms with Gasteiger partial charge in [0, 0.05) is 29.3 Å². The monoisotopic (exact) mass is 575 g/mol. The van der Waals surface area contributed by atoms with Crippen LogP contribution in [0.3, 0.4) is 0 Å². The van der Waals surface area contributed by atoms with E-state index >= 15 is 0 Å². The molecule has 42 heavy (non-hydrogen) atoms. The summed E-state index contributed by atoms with van der Waals surface area (Å²) in [4.78, 5) is 37.5. The van der Waals surface area contributed by atoms with Gasteiger partial charge in [0.2, 0.25) is 11.8 Å². The number of aromatic nitrogens is 3. The molecule has 2 N–H and O–H groups in total. The summed E-state index contributed by atoms with van der Waals surface area (Å²) in [6.07, 6.45) is 3.81. The third kappa shape index (κ3) is 7.90. The molecule has 0 aliphatic rings. The zero-order valence-corrected chi connectivity index (χ0v) is 24.3. The van der Waals surface area contributed by atoms with E-state index in [1.54, 1.807) is 51.1 Å². The number of para-hydroxylation sites is 2. The molecular weight excluding hydrogens is 541 g/mol. The average molecular weight is 576 g/mol. The molecule has 11 heteroatoms. The van der Waals surface area contributed by atoms with Crippen molar-refractivity contribution in [2.75, 3.05) is 24.4 Å². The highest BCUT2D eigenvalue weighted by Crippen LogP contribution is 2.33. The maximum atomic E-state index is 14.4. The summed E-state index contributed by atoms with van der Waals surface area (Å²) < 4.78 is 30.7. The number of amides is 2. The lowest BCUT2D eigenvalue weighted by molar-refractivity contribution is -0.116. The van der Waals surface area contributed by atoms with E-state index in [0.717, 1.165) is 11.1 Å². The number of rotatable bonds is 10. The second-order valence-electron chi connectivity index (χ2n) is 10.6. The maximum absolute atomic E-state index is 14.4.